The van der Waals surface area contributed by atoms with Crippen LogP contribution in [0.5, 0.6) is 0 Å². The van der Waals surface area contributed by atoms with E-state index in [9.17, 15) is 0 Å². The minimum absolute atomic E-state index is 0.286. The Labute approximate surface area is 85.2 Å². The second kappa shape index (κ2) is 4.17. The third-order valence-corrected chi connectivity index (χ3v) is 2.25. The number of pyridine rings is 1. The number of ether oxygens (including phenoxy) is 2. The van der Waals surface area contributed by atoms with Gasteiger partial charge in [-0.1, -0.05) is 6.07 Å². The molecule has 0 bridgehead atoms. The molecule has 0 saturated carbocycles. The van der Waals surface area contributed by atoms with E-state index in [1.165, 1.54) is 0 Å². The molecule has 0 radical (unpaired) electrons. The first-order chi connectivity index (χ1) is 6.36. The van der Waals surface area contributed by atoms with Gasteiger partial charge < -0.3 is 9.47 Å². The Bertz CT molecular complexity index is 287. The van der Waals surface area contributed by atoms with Crippen molar-refractivity contribution in [2.45, 2.75) is 12.7 Å². The van der Waals surface area contributed by atoms with Crippen LogP contribution >= 0.6 is 15.9 Å². The summed E-state index contributed by atoms with van der Waals surface area (Å²) in [6, 6.07) is 5.71. The molecule has 2 rings (SSSR count). The molecule has 0 spiro atoms. The van der Waals surface area contributed by atoms with E-state index >= 15 is 0 Å². The molecule has 0 unspecified atom stereocenters. The van der Waals surface area contributed by atoms with Crippen LogP contribution in [0, 0.1) is 0 Å². The van der Waals surface area contributed by atoms with Crippen LogP contribution in [0.4, 0.5) is 0 Å². The summed E-state index contributed by atoms with van der Waals surface area (Å²) in [5, 5.41) is 0. The Morgan fingerprint density at radius 2 is 2.08 bits per heavy atom. The zero-order chi connectivity index (χ0) is 9.10. The summed E-state index contributed by atoms with van der Waals surface area (Å²) in [5.74, 6) is 0. The van der Waals surface area contributed by atoms with Crippen molar-refractivity contribution in [2.24, 2.45) is 0 Å². The molecule has 1 aliphatic heterocycles. The minimum Gasteiger partial charge on any atom is -0.347 e. The Hall–Kier alpha value is -0.450. The van der Waals surface area contributed by atoms with Gasteiger partial charge in [0.05, 0.1) is 18.9 Å². The minimum atomic E-state index is -0.286. The van der Waals surface area contributed by atoms with E-state index in [-0.39, 0.29) is 6.29 Å². The Balaban J connectivity index is 2.14. The fourth-order valence-electron chi connectivity index (χ4n) is 1.21. The molecule has 1 aromatic heterocycles. The van der Waals surface area contributed by atoms with Crippen LogP contribution in [0.1, 0.15) is 18.4 Å². The third kappa shape index (κ3) is 2.27. The lowest BCUT2D eigenvalue weighted by Gasteiger charge is -2.22. The molecule has 4 heteroatoms. The molecule has 0 atom stereocenters. The van der Waals surface area contributed by atoms with Crippen molar-refractivity contribution in [1.82, 2.24) is 4.98 Å². The number of halogens is 1. The highest BCUT2D eigenvalue weighted by Gasteiger charge is 2.17. The average molecular weight is 244 g/mol. The third-order valence-electron chi connectivity index (χ3n) is 1.81. The van der Waals surface area contributed by atoms with Gasteiger partial charge in [-0.25, -0.2) is 4.98 Å². The van der Waals surface area contributed by atoms with Gasteiger partial charge in [-0.05, 0) is 34.5 Å². The predicted molar refractivity (Wildman–Crippen MR) is 51.2 cm³/mol. The zero-order valence-electron chi connectivity index (χ0n) is 7.07. The Kier molecular flexibility index (Phi) is 2.93. The highest BCUT2D eigenvalue weighted by atomic mass is 79.9. The Morgan fingerprint density at radius 3 is 2.77 bits per heavy atom. The van der Waals surface area contributed by atoms with E-state index in [0.29, 0.717) is 0 Å². The molecule has 3 nitrogen and oxygen atoms in total. The highest BCUT2D eigenvalue weighted by molar-refractivity contribution is 9.10. The van der Waals surface area contributed by atoms with Crippen LogP contribution in [-0.4, -0.2) is 18.2 Å². The number of rotatable bonds is 1. The van der Waals surface area contributed by atoms with Gasteiger partial charge >= 0.3 is 0 Å². The van der Waals surface area contributed by atoms with Crippen molar-refractivity contribution in [3.05, 3.63) is 28.5 Å². The van der Waals surface area contributed by atoms with Gasteiger partial charge in [-0.3, -0.25) is 0 Å². The molecule has 0 aliphatic carbocycles. The summed E-state index contributed by atoms with van der Waals surface area (Å²) in [5.41, 5.74) is 0.828. The van der Waals surface area contributed by atoms with Crippen LogP contribution in [0.3, 0.4) is 0 Å². The lowest BCUT2D eigenvalue weighted by atomic mass is 10.3. The topological polar surface area (TPSA) is 31.4 Å². The smallest absolute Gasteiger partial charge is 0.201 e. The van der Waals surface area contributed by atoms with Crippen molar-refractivity contribution in [1.29, 1.82) is 0 Å². The van der Waals surface area contributed by atoms with Crippen LogP contribution in [0.25, 0.3) is 0 Å². The molecule has 2 heterocycles. The summed E-state index contributed by atoms with van der Waals surface area (Å²) in [6.45, 7) is 1.50. The number of hydrogen-bond donors (Lipinski definition) is 0. The SMILES string of the molecule is Brc1cccc(C2OCCCO2)n1. The van der Waals surface area contributed by atoms with Gasteiger partial charge in [-0.2, -0.15) is 0 Å². The largest absolute Gasteiger partial charge is 0.347 e. The number of aromatic nitrogens is 1. The van der Waals surface area contributed by atoms with Crippen molar-refractivity contribution in [3.8, 4) is 0 Å². The van der Waals surface area contributed by atoms with E-state index in [4.69, 9.17) is 9.47 Å². The molecule has 0 N–H and O–H groups in total. The first kappa shape index (κ1) is 9.12. The number of hydrogen-bond acceptors (Lipinski definition) is 3. The van der Waals surface area contributed by atoms with Crippen molar-refractivity contribution >= 4 is 15.9 Å². The highest BCUT2D eigenvalue weighted by Crippen LogP contribution is 2.21. The van der Waals surface area contributed by atoms with Crippen LogP contribution < -0.4 is 0 Å². The van der Waals surface area contributed by atoms with Crippen molar-refractivity contribution in [2.75, 3.05) is 13.2 Å². The van der Waals surface area contributed by atoms with Gasteiger partial charge in [-0.15, -0.1) is 0 Å². The van der Waals surface area contributed by atoms with E-state index < -0.39 is 0 Å². The molecule has 0 aromatic carbocycles. The van der Waals surface area contributed by atoms with Crippen LogP contribution in [0.15, 0.2) is 22.8 Å². The molecule has 1 aromatic rings. The van der Waals surface area contributed by atoms with Crippen LogP contribution in [0.2, 0.25) is 0 Å². The predicted octanol–water partition coefficient (Wildman–Crippen LogP) is 2.28. The monoisotopic (exact) mass is 243 g/mol. The average Bonchev–Trinajstić information content (AvgIpc) is 2.19. The molecular formula is C9H10BrNO2. The van der Waals surface area contributed by atoms with Gasteiger partial charge in [0, 0.05) is 0 Å². The quantitative estimate of drug-likeness (QED) is 0.710. The lowest BCUT2D eigenvalue weighted by molar-refractivity contribution is -0.185. The summed E-state index contributed by atoms with van der Waals surface area (Å²) in [6.07, 6.45) is 0.677. The molecule has 1 fully saturated rings. The van der Waals surface area contributed by atoms with Crippen molar-refractivity contribution < 1.29 is 9.47 Å². The number of nitrogens with zero attached hydrogens (tertiary/aromatic N) is 1. The maximum Gasteiger partial charge on any atom is 0.201 e. The summed E-state index contributed by atoms with van der Waals surface area (Å²) in [4.78, 5) is 4.26. The molecule has 1 aliphatic rings. The summed E-state index contributed by atoms with van der Waals surface area (Å²) >= 11 is 3.31. The summed E-state index contributed by atoms with van der Waals surface area (Å²) in [7, 11) is 0. The van der Waals surface area contributed by atoms with Gasteiger partial charge in [0.15, 0.2) is 0 Å². The first-order valence-electron chi connectivity index (χ1n) is 4.22. The standard InChI is InChI=1S/C9H10BrNO2/c10-8-4-1-3-7(11-8)9-12-5-2-6-13-9/h1,3-4,9H,2,5-6H2. The van der Waals surface area contributed by atoms with Crippen LogP contribution in [-0.2, 0) is 9.47 Å². The second-order valence-electron chi connectivity index (χ2n) is 2.81. The van der Waals surface area contributed by atoms with E-state index in [2.05, 4.69) is 20.9 Å². The fraction of sp³-hybridized carbons (Fsp3) is 0.444. The normalized spacial score (nSPS) is 18.8. The molecule has 0 amide bonds. The fourth-order valence-corrected chi connectivity index (χ4v) is 1.57. The second-order valence-corrected chi connectivity index (χ2v) is 3.62. The van der Waals surface area contributed by atoms with E-state index in [1.807, 2.05) is 18.2 Å². The maximum absolute atomic E-state index is 5.41. The van der Waals surface area contributed by atoms with Gasteiger partial charge in [0.2, 0.25) is 6.29 Å². The summed E-state index contributed by atoms with van der Waals surface area (Å²) < 4.78 is 11.6. The first-order valence-corrected chi connectivity index (χ1v) is 5.01. The Morgan fingerprint density at radius 1 is 1.31 bits per heavy atom. The maximum atomic E-state index is 5.41. The van der Waals surface area contributed by atoms with Gasteiger partial charge in [0.1, 0.15) is 4.60 Å². The van der Waals surface area contributed by atoms with E-state index in [1.54, 1.807) is 0 Å². The molecule has 1 saturated heterocycles. The molecule has 13 heavy (non-hydrogen) atoms. The molecular weight excluding hydrogens is 234 g/mol. The zero-order valence-corrected chi connectivity index (χ0v) is 8.66. The van der Waals surface area contributed by atoms with E-state index in [0.717, 1.165) is 29.9 Å². The lowest BCUT2D eigenvalue weighted by Crippen LogP contribution is -2.18. The molecule has 70 valence electrons. The van der Waals surface area contributed by atoms with Gasteiger partial charge in [0.25, 0.3) is 0 Å². The van der Waals surface area contributed by atoms with Crippen molar-refractivity contribution in [3.63, 3.8) is 0 Å².